The predicted molar refractivity (Wildman–Crippen MR) is 138 cm³/mol. The topological polar surface area (TPSA) is 118 Å². The van der Waals surface area contributed by atoms with E-state index in [1.807, 2.05) is 25.1 Å². The Balaban J connectivity index is 1.79. The lowest BCUT2D eigenvalue weighted by molar-refractivity contribution is 0.354. The number of methoxy groups -OCH3 is 4. The van der Waals surface area contributed by atoms with E-state index in [1.165, 1.54) is 7.11 Å². The van der Waals surface area contributed by atoms with Crippen LogP contribution in [0.3, 0.4) is 0 Å². The monoisotopic (exact) mass is 503 g/mol. The van der Waals surface area contributed by atoms with E-state index in [0.29, 0.717) is 58.5 Å². The van der Waals surface area contributed by atoms with Crippen LogP contribution in [0.2, 0.25) is 0 Å². The summed E-state index contributed by atoms with van der Waals surface area (Å²) in [4.78, 5) is 13.9. The molecule has 192 valence electrons. The molecule has 2 heterocycles. The minimum absolute atomic E-state index is 0.0309. The van der Waals surface area contributed by atoms with E-state index in [-0.39, 0.29) is 17.0 Å². The minimum Gasteiger partial charge on any atom is -0.493 e. The molecule has 0 saturated heterocycles. The van der Waals surface area contributed by atoms with Gasteiger partial charge in [0, 0.05) is 18.3 Å². The van der Waals surface area contributed by atoms with Crippen LogP contribution in [0.4, 0.5) is 0 Å². The number of fused-ring (bicyclic) bond motifs is 1. The molecule has 0 spiro atoms. The molecule has 4 rings (SSSR count). The lowest BCUT2D eigenvalue weighted by atomic mass is 9.84. The van der Waals surface area contributed by atoms with Crippen LogP contribution < -0.4 is 35.0 Å². The van der Waals surface area contributed by atoms with Crippen molar-refractivity contribution in [1.29, 1.82) is 5.26 Å². The summed E-state index contributed by atoms with van der Waals surface area (Å²) in [5.74, 6) is 1.84. The fraction of sp³-hybridized carbons (Fsp3) is 0.286. The Morgan fingerprint density at radius 2 is 1.57 bits per heavy atom. The molecule has 0 fully saturated rings. The number of nitrogens with zero attached hydrogens (tertiary/aromatic N) is 2. The van der Waals surface area contributed by atoms with Crippen molar-refractivity contribution in [2.45, 2.75) is 25.8 Å². The molecule has 0 radical (unpaired) electrons. The number of hydrogen-bond acceptors (Lipinski definition) is 8. The van der Waals surface area contributed by atoms with E-state index in [4.69, 9.17) is 29.4 Å². The van der Waals surface area contributed by atoms with Gasteiger partial charge in [0.05, 0.1) is 39.9 Å². The van der Waals surface area contributed by atoms with E-state index in [2.05, 4.69) is 6.07 Å². The van der Waals surface area contributed by atoms with Gasteiger partial charge in [-0.3, -0.25) is 4.79 Å². The van der Waals surface area contributed by atoms with E-state index in [9.17, 15) is 10.1 Å². The Hall–Kier alpha value is -4.58. The molecular formula is C28H29N3O6. The number of benzene rings is 2. The number of nitrogens with two attached hydrogens (primary N) is 1. The quantitative estimate of drug-likeness (QED) is 0.495. The summed E-state index contributed by atoms with van der Waals surface area (Å²) in [6.45, 7) is 2.25. The zero-order chi connectivity index (χ0) is 26.7. The molecule has 0 aliphatic carbocycles. The van der Waals surface area contributed by atoms with Gasteiger partial charge in [-0.25, -0.2) is 0 Å². The van der Waals surface area contributed by atoms with E-state index in [1.54, 1.807) is 50.2 Å². The van der Waals surface area contributed by atoms with Crippen molar-refractivity contribution >= 4 is 0 Å². The minimum atomic E-state index is -0.728. The molecule has 1 atom stereocenters. The highest BCUT2D eigenvalue weighted by Gasteiger charge is 2.34. The number of nitriles is 1. The first-order chi connectivity index (χ1) is 17.9. The van der Waals surface area contributed by atoms with Gasteiger partial charge in [-0.05, 0) is 48.7 Å². The molecule has 1 aliphatic heterocycles. The van der Waals surface area contributed by atoms with Crippen LogP contribution in [0.1, 0.15) is 28.3 Å². The zero-order valence-corrected chi connectivity index (χ0v) is 21.5. The largest absolute Gasteiger partial charge is 0.493 e. The van der Waals surface area contributed by atoms with Crippen LogP contribution in [-0.2, 0) is 13.0 Å². The van der Waals surface area contributed by atoms with Gasteiger partial charge in [-0.2, -0.15) is 5.26 Å². The highest BCUT2D eigenvalue weighted by molar-refractivity contribution is 5.57. The van der Waals surface area contributed by atoms with Gasteiger partial charge in [0.1, 0.15) is 17.4 Å². The van der Waals surface area contributed by atoms with Crippen molar-refractivity contribution in [3.8, 4) is 34.8 Å². The summed E-state index contributed by atoms with van der Waals surface area (Å²) < 4.78 is 29.0. The van der Waals surface area contributed by atoms with Crippen LogP contribution in [-0.4, -0.2) is 33.0 Å². The van der Waals surface area contributed by atoms with Gasteiger partial charge in [0.25, 0.3) is 5.56 Å². The Morgan fingerprint density at radius 3 is 2.19 bits per heavy atom. The lowest BCUT2D eigenvalue weighted by Crippen LogP contribution is -2.33. The molecule has 0 bridgehead atoms. The van der Waals surface area contributed by atoms with Crippen LogP contribution in [0.25, 0.3) is 0 Å². The SMILES string of the molecule is COc1ccc(CCn2c(C)cc3c(c2=O)[C@@H](c2ccc(OC)c(OC)c2)C(C#N)=C(N)O3)cc1OC. The van der Waals surface area contributed by atoms with Crippen molar-refractivity contribution in [3.63, 3.8) is 0 Å². The van der Waals surface area contributed by atoms with E-state index in [0.717, 1.165) is 5.56 Å². The maximum atomic E-state index is 13.9. The van der Waals surface area contributed by atoms with Gasteiger partial charge in [-0.15, -0.1) is 0 Å². The van der Waals surface area contributed by atoms with E-state index >= 15 is 0 Å². The van der Waals surface area contributed by atoms with Gasteiger partial charge in [0.15, 0.2) is 23.0 Å². The lowest BCUT2D eigenvalue weighted by Gasteiger charge is -2.27. The smallest absolute Gasteiger partial charge is 0.258 e. The number of rotatable bonds is 8. The second kappa shape index (κ2) is 10.6. The maximum Gasteiger partial charge on any atom is 0.258 e. The summed E-state index contributed by atoms with van der Waals surface area (Å²) in [6.07, 6.45) is 0.574. The molecule has 1 aromatic heterocycles. The molecule has 0 unspecified atom stereocenters. The summed E-state index contributed by atoms with van der Waals surface area (Å²) in [5, 5.41) is 9.95. The van der Waals surface area contributed by atoms with Crippen molar-refractivity contribution in [1.82, 2.24) is 4.57 Å². The third kappa shape index (κ3) is 4.66. The van der Waals surface area contributed by atoms with Gasteiger partial charge < -0.3 is 34.0 Å². The summed E-state index contributed by atoms with van der Waals surface area (Å²) in [5.41, 5.74) is 8.73. The molecule has 1 aliphatic rings. The first kappa shape index (κ1) is 25.5. The number of pyridine rings is 1. The Bertz CT molecular complexity index is 1470. The van der Waals surface area contributed by atoms with Crippen molar-refractivity contribution in [3.05, 3.63) is 86.7 Å². The number of allylic oxidation sites excluding steroid dienone is 1. The molecule has 9 nitrogen and oxygen atoms in total. The van der Waals surface area contributed by atoms with Crippen LogP contribution in [0.5, 0.6) is 28.7 Å². The van der Waals surface area contributed by atoms with Crippen molar-refractivity contribution in [2.75, 3.05) is 28.4 Å². The fourth-order valence-corrected chi connectivity index (χ4v) is 4.61. The average molecular weight is 504 g/mol. The second-order valence-corrected chi connectivity index (χ2v) is 8.50. The predicted octanol–water partition coefficient (Wildman–Crippen LogP) is 3.65. The molecule has 9 heteroatoms. The standard InChI is InChI=1S/C28H29N3O6/c1-16-12-24-26(28(32)31(16)11-10-17-6-8-20(33-2)22(13-17)35-4)25(19(15-29)27(30)37-24)18-7-9-21(34-3)23(14-18)36-5/h6-9,12-14,25H,10-11,30H2,1-5H3/t25-/m0/s1. The molecule has 3 aromatic rings. The van der Waals surface area contributed by atoms with E-state index < -0.39 is 5.92 Å². The van der Waals surface area contributed by atoms with Crippen LogP contribution in [0, 0.1) is 18.3 Å². The Labute approximate surface area is 215 Å². The first-order valence-corrected chi connectivity index (χ1v) is 11.6. The van der Waals surface area contributed by atoms with Gasteiger partial charge in [-0.1, -0.05) is 12.1 Å². The highest BCUT2D eigenvalue weighted by Crippen LogP contribution is 2.42. The third-order valence-corrected chi connectivity index (χ3v) is 6.50. The summed E-state index contributed by atoms with van der Waals surface area (Å²) >= 11 is 0. The fourth-order valence-electron chi connectivity index (χ4n) is 4.61. The third-order valence-electron chi connectivity index (χ3n) is 6.50. The van der Waals surface area contributed by atoms with Gasteiger partial charge >= 0.3 is 0 Å². The normalized spacial score (nSPS) is 14.3. The second-order valence-electron chi connectivity index (χ2n) is 8.50. The molecule has 37 heavy (non-hydrogen) atoms. The Morgan fingerprint density at radius 1 is 0.946 bits per heavy atom. The molecular weight excluding hydrogens is 474 g/mol. The van der Waals surface area contributed by atoms with Gasteiger partial charge in [0.2, 0.25) is 5.88 Å². The number of ether oxygens (including phenoxy) is 5. The molecule has 2 N–H and O–H groups in total. The first-order valence-electron chi connectivity index (χ1n) is 11.6. The molecule has 0 saturated carbocycles. The zero-order valence-electron chi connectivity index (χ0n) is 21.5. The van der Waals surface area contributed by atoms with Crippen LogP contribution >= 0.6 is 0 Å². The maximum absolute atomic E-state index is 13.9. The number of hydrogen-bond donors (Lipinski definition) is 1. The highest BCUT2D eigenvalue weighted by atomic mass is 16.5. The number of aryl methyl sites for hydroxylation is 2. The van der Waals surface area contributed by atoms with Crippen molar-refractivity contribution < 1.29 is 23.7 Å². The van der Waals surface area contributed by atoms with Crippen LogP contribution in [0.15, 0.2) is 58.7 Å². The Kier molecular flexibility index (Phi) is 7.30. The van der Waals surface area contributed by atoms with Crippen molar-refractivity contribution in [2.24, 2.45) is 5.73 Å². The summed E-state index contributed by atoms with van der Waals surface area (Å²) in [7, 11) is 6.24. The number of aromatic nitrogens is 1. The molecule has 0 amide bonds. The average Bonchev–Trinajstić information content (AvgIpc) is 2.91. The molecule has 2 aromatic carbocycles. The summed E-state index contributed by atoms with van der Waals surface area (Å²) in [6, 6.07) is 14.9.